The molecule has 0 saturated carbocycles. The Hall–Kier alpha value is -3.67. The minimum absolute atomic E-state index is 0.0425. The summed E-state index contributed by atoms with van der Waals surface area (Å²) in [5.74, 6) is 0.376. The number of pyridine rings is 1. The summed E-state index contributed by atoms with van der Waals surface area (Å²) in [6.45, 7) is 4.43. The van der Waals surface area contributed by atoms with Crippen LogP contribution in [0.4, 0.5) is 0 Å². The molecule has 0 aliphatic heterocycles. The molecular weight excluding hydrogens is 370 g/mol. The van der Waals surface area contributed by atoms with Gasteiger partial charge in [-0.05, 0) is 55.3 Å². The fourth-order valence-corrected chi connectivity index (χ4v) is 2.69. The molecular formula is C23H23NO5. The Balaban J connectivity index is 0.000000537. The lowest BCUT2D eigenvalue weighted by atomic mass is 9.99. The third kappa shape index (κ3) is 5.65. The SMILES string of the molecule is CCOC=O.COc1ccc(/C=C(\C)C(=O)c2ccnc3ccccc23)cc1O. The van der Waals surface area contributed by atoms with E-state index >= 15 is 0 Å². The molecule has 0 aliphatic rings. The van der Waals surface area contributed by atoms with Gasteiger partial charge in [0.1, 0.15) is 0 Å². The lowest BCUT2D eigenvalue weighted by Gasteiger charge is -2.07. The summed E-state index contributed by atoms with van der Waals surface area (Å²) in [6, 6.07) is 14.3. The van der Waals surface area contributed by atoms with Crippen molar-refractivity contribution in [2.75, 3.05) is 13.7 Å². The summed E-state index contributed by atoms with van der Waals surface area (Å²) in [6.07, 6.45) is 3.39. The van der Waals surface area contributed by atoms with E-state index in [0.29, 0.717) is 30.0 Å². The zero-order chi connectivity index (χ0) is 21.2. The molecule has 0 bridgehead atoms. The van der Waals surface area contributed by atoms with Crippen molar-refractivity contribution in [1.29, 1.82) is 0 Å². The molecule has 29 heavy (non-hydrogen) atoms. The lowest BCUT2D eigenvalue weighted by molar-refractivity contribution is -0.128. The second-order valence-corrected chi connectivity index (χ2v) is 6.01. The number of Topliss-reactive ketones (excluding diaryl/α,β-unsaturated/α-hetero) is 1. The fraction of sp³-hybridized carbons (Fsp3) is 0.174. The molecule has 1 N–H and O–H groups in total. The molecule has 0 spiro atoms. The normalized spacial score (nSPS) is 10.7. The Morgan fingerprint density at radius 3 is 2.55 bits per heavy atom. The van der Waals surface area contributed by atoms with Crippen molar-refractivity contribution in [2.24, 2.45) is 0 Å². The molecule has 6 heteroatoms. The van der Waals surface area contributed by atoms with Crippen molar-refractivity contribution in [3.8, 4) is 11.5 Å². The highest BCUT2D eigenvalue weighted by Crippen LogP contribution is 2.28. The van der Waals surface area contributed by atoms with E-state index in [0.717, 1.165) is 16.5 Å². The number of hydrogen-bond donors (Lipinski definition) is 1. The van der Waals surface area contributed by atoms with Crippen LogP contribution in [0, 0.1) is 0 Å². The quantitative estimate of drug-likeness (QED) is 0.379. The average molecular weight is 393 g/mol. The number of fused-ring (bicyclic) bond motifs is 1. The molecule has 1 heterocycles. The van der Waals surface area contributed by atoms with Gasteiger partial charge in [-0.3, -0.25) is 14.6 Å². The van der Waals surface area contributed by atoms with Crippen LogP contribution in [0.1, 0.15) is 29.8 Å². The highest BCUT2D eigenvalue weighted by molar-refractivity contribution is 6.17. The van der Waals surface area contributed by atoms with Gasteiger partial charge in [-0.25, -0.2) is 0 Å². The topological polar surface area (TPSA) is 85.7 Å². The molecule has 2 aromatic carbocycles. The number of rotatable bonds is 6. The van der Waals surface area contributed by atoms with E-state index in [2.05, 4.69) is 9.72 Å². The van der Waals surface area contributed by atoms with Crippen molar-refractivity contribution in [2.45, 2.75) is 13.8 Å². The first-order chi connectivity index (χ1) is 14.0. The minimum Gasteiger partial charge on any atom is -0.504 e. The van der Waals surface area contributed by atoms with Crippen LogP contribution in [-0.4, -0.2) is 36.1 Å². The second-order valence-electron chi connectivity index (χ2n) is 6.01. The Kier molecular flexibility index (Phi) is 7.91. The van der Waals surface area contributed by atoms with E-state index in [9.17, 15) is 14.7 Å². The predicted octanol–water partition coefficient (Wildman–Crippen LogP) is 4.41. The van der Waals surface area contributed by atoms with Crippen LogP contribution in [0.25, 0.3) is 17.0 Å². The summed E-state index contributed by atoms with van der Waals surface area (Å²) in [7, 11) is 1.49. The number of allylic oxidation sites excluding steroid dienone is 1. The number of ketones is 1. The van der Waals surface area contributed by atoms with Gasteiger partial charge in [0.15, 0.2) is 17.3 Å². The number of hydrogen-bond acceptors (Lipinski definition) is 6. The van der Waals surface area contributed by atoms with Gasteiger partial charge in [-0.15, -0.1) is 0 Å². The summed E-state index contributed by atoms with van der Waals surface area (Å²) < 4.78 is 9.18. The Labute approximate surface area is 169 Å². The number of ether oxygens (including phenoxy) is 2. The number of aromatic nitrogens is 1. The molecule has 0 aliphatic carbocycles. The first-order valence-electron chi connectivity index (χ1n) is 9.00. The van der Waals surface area contributed by atoms with Gasteiger partial charge in [0.25, 0.3) is 6.47 Å². The molecule has 0 fully saturated rings. The molecule has 0 saturated heterocycles. The summed E-state index contributed by atoms with van der Waals surface area (Å²) >= 11 is 0. The maximum Gasteiger partial charge on any atom is 0.293 e. The Morgan fingerprint density at radius 1 is 1.17 bits per heavy atom. The number of nitrogens with zero attached hydrogens (tertiary/aromatic N) is 1. The minimum atomic E-state index is -0.0658. The molecule has 3 aromatic rings. The molecule has 1 aromatic heterocycles. The number of phenolic OH excluding ortho intramolecular Hbond substituents is 1. The number of carbonyl (C=O) groups is 2. The smallest absolute Gasteiger partial charge is 0.293 e. The third-order valence-corrected chi connectivity index (χ3v) is 4.07. The van der Waals surface area contributed by atoms with Gasteiger partial charge < -0.3 is 14.6 Å². The van der Waals surface area contributed by atoms with E-state index in [1.54, 1.807) is 50.4 Å². The maximum absolute atomic E-state index is 12.8. The van der Waals surface area contributed by atoms with Crippen LogP contribution < -0.4 is 4.74 Å². The summed E-state index contributed by atoms with van der Waals surface area (Å²) in [5, 5.41) is 10.7. The van der Waals surface area contributed by atoms with Crippen molar-refractivity contribution in [3.05, 3.63) is 71.4 Å². The van der Waals surface area contributed by atoms with E-state index in [1.807, 2.05) is 24.3 Å². The van der Waals surface area contributed by atoms with Gasteiger partial charge in [0, 0.05) is 17.1 Å². The Bertz CT molecular complexity index is 1020. The highest BCUT2D eigenvalue weighted by atomic mass is 16.5. The highest BCUT2D eigenvalue weighted by Gasteiger charge is 2.12. The molecule has 0 unspecified atom stereocenters. The standard InChI is InChI=1S/C20H17NO3.C3H6O2/c1-13(11-14-7-8-19(24-2)18(22)12-14)20(23)16-9-10-21-17-6-4-3-5-15(16)17;1-2-5-3-4/h3-12,22H,1-2H3;3H,2H2,1H3/b13-11+;. The van der Waals surface area contributed by atoms with Gasteiger partial charge in [0.2, 0.25) is 0 Å². The van der Waals surface area contributed by atoms with Gasteiger partial charge in [0.05, 0.1) is 19.2 Å². The number of aromatic hydroxyl groups is 1. The first kappa shape index (κ1) is 21.6. The molecule has 0 amide bonds. The van der Waals surface area contributed by atoms with Gasteiger partial charge >= 0.3 is 0 Å². The van der Waals surface area contributed by atoms with Crippen LogP contribution >= 0.6 is 0 Å². The van der Waals surface area contributed by atoms with Crippen LogP contribution in [0.3, 0.4) is 0 Å². The molecule has 6 nitrogen and oxygen atoms in total. The zero-order valence-electron chi connectivity index (χ0n) is 16.6. The largest absolute Gasteiger partial charge is 0.504 e. The monoisotopic (exact) mass is 393 g/mol. The van der Waals surface area contributed by atoms with Gasteiger partial charge in [-0.2, -0.15) is 0 Å². The number of para-hydroxylation sites is 1. The zero-order valence-corrected chi connectivity index (χ0v) is 16.6. The van der Waals surface area contributed by atoms with Crippen molar-refractivity contribution < 1.29 is 24.2 Å². The van der Waals surface area contributed by atoms with Crippen LogP contribution in [0.2, 0.25) is 0 Å². The number of methoxy groups -OCH3 is 1. The predicted molar refractivity (Wildman–Crippen MR) is 112 cm³/mol. The lowest BCUT2D eigenvalue weighted by Crippen LogP contribution is -2.02. The number of benzene rings is 2. The molecule has 0 radical (unpaired) electrons. The van der Waals surface area contributed by atoms with E-state index in [-0.39, 0.29) is 11.5 Å². The maximum atomic E-state index is 12.8. The van der Waals surface area contributed by atoms with Crippen LogP contribution in [0.5, 0.6) is 11.5 Å². The molecule has 0 atom stereocenters. The Morgan fingerprint density at radius 2 is 1.93 bits per heavy atom. The van der Waals surface area contributed by atoms with Crippen molar-refractivity contribution >= 4 is 29.2 Å². The summed E-state index contributed by atoms with van der Waals surface area (Å²) in [5.41, 5.74) is 2.72. The van der Waals surface area contributed by atoms with Gasteiger partial charge in [-0.1, -0.05) is 24.3 Å². The van der Waals surface area contributed by atoms with E-state index in [1.165, 1.54) is 7.11 Å². The average Bonchev–Trinajstić information content (AvgIpc) is 2.74. The third-order valence-electron chi connectivity index (χ3n) is 4.07. The van der Waals surface area contributed by atoms with Crippen molar-refractivity contribution in [3.63, 3.8) is 0 Å². The summed E-state index contributed by atoms with van der Waals surface area (Å²) in [4.78, 5) is 26.3. The van der Waals surface area contributed by atoms with E-state index < -0.39 is 0 Å². The first-order valence-corrected chi connectivity index (χ1v) is 9.00. The number of carbonyl (C=O) groups excluding carboxylic acids is 2. The number of phenols is 1. The van der Waals surface area contributed by atoms with Crippen LogP contribution in [0.15, 0.2) is 60.3 Å². The molecule has 3 rings (SSSR count). The molecule has 150 valence electrons. The van der Waals surface area contributed by atoms with E-state index in [4.69, 9.17) is 4.74 Å². The van der Waals surface area contributed by atoms with Crippen LogP contribution in [-0.2, 0) is 9.53 Å². The van der Waals surface area contributed by atoms with Crippen molar-refractivity contribution in [1.82, 2.24) is 4.98 Å². The fourth-order valence-electron chi connectivity index (χ4n) is 2.69. The second kappa shape index (κ2) is 10.6.